The molecular weight excluding hydrogens is 356 g/mol. The van der Waals surface area contributed by atoms with E-state index in [1.54, 1.807) is 12.1 Å². The Balaban J connectivity index is 2.00. The average Bonchev–Trinajstić information content (AvgIpc) is 2.67. The molecule has 0 radical (unpaired) electrons. The summed E-state index contributed by atoms with van der Waals surface area (Å²) in [6, 6.07) is 4.70. The van der Waals surface area contributed by atoms with Gasteiger partial charge in [0.1, 0.15) is 11.5 Å². The zero-order valence-electron chi connectivity index (χ0n) is 15.8. The molecule has 0 atom stereocenters. The van der Waals surface area contributed by atoms with E-state index in [4.69, 9.17) is 9.47 Å². The molecule has 0 amide bonds. The molecule has 0 fully saturated rings. The number of aliphatic imine (C=N–C) groups is 1. The van der Waals surface area contributed by atoms with E-state index in [0.717, 1.165) is 26.0 Å². The molecule has 0 saturated heterocycles. The second kappa shape index (κ2) is 11.4. The first kappa shape index (κ1) is 21.0. The van der Waals surface area contributed by atoms with E-state index in [0.29, 0.717) is 30.4 Å². The van der Waals surface area contributed by atoms with E-state index in [1.807, 2.05) is 6.92 Å². The molecule has 150 valence electrons. The molecule has 0 spiro atoms. The molecule has 1 aliphatic heterocycles. The SMILES string of the molecule is CCNC(=NCc1cc(OC)ccc1OC(F)F)NCCC1=CCOCC1. The summed E-state index contributed by atoms with van der Waals surface area (Å²) < 4.78 is 40.3. The minimum absolute atomic E-state index is 0.0951. The lowest BCUT2D eigenvalue weighted by Gasteiger charge is -2.16. The summed E-state index contributed by atoms with van der Waals surface area (Å²) in [5.41, 5.74) is 1.89. The second-order valence-electron chi connectivity index (χ2n) is 5.91. The molecule has 2 N–H and O–H groups in total. The third kappa shape index (κ3) is 7.42. The van der Waals surface area contributed by atoms with Gasteiger partial charge in [0.05, 0.1) is 26.9 Å². The summed E-state index contributed by atoms with van der Waals surface area (Å²) in [7, 11) is 1.52. The quantitative estimate of drug-likeness (QED) is 0.390. The zero-order chi connectivity index (χ0) is 19.5. The van der Waals surface area contributed by atoms with Crippen molar-refractivity contribution in [3.8, 4) is 11.5 Å². The fourth-order valence-corrected chi connectivity index (χ4v) is 2.66. The smallest absolute Gasteiger partial charge is 0.387 e. The van der Waals surface area contributed by atoms with Gasteiger partial charge in [-0.25, -0.2) is 4.99 Å². The van der Waals surface area contributed by atoms with Gasteiger partial charge in [0.2, 0.25) is 0 Å². The van der Waals surface area contributed by atoms with Crippen molar-refractivity contribution in [3.63, 3.8) is 0 Å². The van der Waals surface area contributed by atoms with Crippen LogP contribution in [0.4, 0.5) is 8.78 Å². The Bertz CT molecular complexity index is 651. The maximum Gasteiger partial charge on any atom is 0.387 e. The van der Waals surface area contributed by atoms with Gasteiger partial charge in [-0.1, -0.05) is 11.6 Å². The topological polar surface area (TPSA) is 64.1 Å². The summed E-state index contributed by atoms with van der Waals surface area (Å²) in [4.78, 5) is 4.48. The van der Waals surface area contributed by atoms with E-state index in [9.17, 15) is 8.78 Å². The van der Waals surface area contributed by atoms with Crippen molar-refractivity contribution < 1.29 is 23.0 Å². The Morgan fingerprint density at radius 1 is 1.33 bits per heavy atom. The number of alkyl halides is 2. The number of methoxy groups -OCH3 is 1. The van der Waals surface area contributed by atoms with Crippen LogP contribution in [0.2, 0.25) is 0 Å². The first-order valence-electron chi connectivity index (χ1n) is 9.02. The minimum Gasteiger partial charge on any atom is -0.497 e. The van der Waals surface area contributed by atoms with E-state index in [-0.39, 0.29) is 12.3 Å². The summed E-state index contributed by atoms with van der Waals surface area (Å²) in [5.74, 6) is 1.28. The van der Waals surface area contributed by atoms with Crippen LogP contribution >= 0.6 is 0 Å². The van der Waals surface area contributed by atoms with Crippen LogP contribution in [-0.4, -0.2) is 46.0 Å². The van der Waals surface area contributed by atoms with Crippen LogP contribution < -0.4 is 20.1 Å². The Hall–Kier alpha value is -2.35. The molecule has 1 heterocycles. The summed E-state index contributed by atoms with van der Waals surface area (Å²) in [6.45, 7) is 2.13. The molecular formula is C19H27F2N3O3. The van der Waals surface area contributed by atoms with Crippen molar-refractivity contribution in [1.82, 2.24) is 10.6 Å². The largest absolute Gasteiger partial charge is 0.497 e. The lowest BCUT2D eigenvalue weighted by molar-refractivity contribution is -0.0504. The minimum atomic E-state index is -2.89. The third-order valence-electron chi connectivity index (χ3n) is 4.03. The highest BCUT2D eigenvalue weighted by Gasteiger charge is 2.11. The van der Waals surface area contributed by atoms with Crippen LogP contribution in [0.15, 0.2) is 34.8 Å². The van der Waals surface area contributed by atoms with Gasteiger partial charge in [0, 0.05) is 18.7 Å². The van der Waals surface area contributed by atoms with Crippen molar-refractivity contribution in [1.29, 1.82) is 0 Å². The highest BCUT2D eigenvalue weighted by molar-refractivity contribution is 5.79. The number of nitrogens with one attached hydrogen (secondary N) is 2. The van der Waals surface area contributed by atoms with Gasteiger partial charge in [-0.15, -0.1) is 0 Å². The highest BCUT2D eigenvalue weighted by atomic mass is 19.3. The number of hydrogen-bond donors (Lipinski definition) is 2. The van der Waals surface area contributed by atoms with E-state index < -0.39 is 6.61 Å². The lowest BCUT2D eigenvalue weighted by Crippen LogP contribution is -2.38. The predicted octanol–water partition coefficient (Wildman–Crippen LogP) is 3.09. The molecule has 1 aromatic rings. The summed E-state index contributed by atoms with van der Waals surface area (Å²) in [6.07, 6.45) is 3.97. The number of hydrogen-bond acceptors (Lipinski definition) is 4. The molecule has 0 unspecified atom stereocenters. The number of guanidine groups is 1. The molecule has 0 saturated carbocycles. The average molecular weight is 383 g/mol. The number of ether oxygens (including phenoxy) is 3. The van der Waals surface area contributed by atoms with Crippen LogP contribution in [0.3, 0.4) is 0 Å². The summed E-state index contributed by atoms with van der Waals surface area (Å²) >= 11 is 0. The molecule has 0 aliphatic carbocycles. The molecule has 0 aromatic heterocycles. The van der Waals surface area contributed by atoms with Gasteiger partial charge in [-0.3, -0.25) is 0 Å². The molecule has 1 aromatic carbocycles. The van der Waals surface area contributed by atoms with E-state index >= 15 is 0 Å². The van der Waals surface area contributed by atoms with Gasteiger partial charge in [0.25, 0.3) is 0 Å². The van der Waals surface area contributed by atoms with Crippen molar-refractivity contribution in [2.24, 2.45) is 4.99 Å². The van der Waals surface area contributed by atoms with Crippen LogP contribution in [0.1, 0.15) is 25.3 Å². The van der Waals surface area contributed by atoms with Gasteiger partial charge in [0.15, 0.2) is 5.96 Å². The molecule has 27 heavy (non-hydrogen) atoms. The molecule has 8 heteroatoms. The molecule has 2 rings (SSSR count). The predicted molar refractivity (Wildman–Crippen MR) is 101 cm³/mol. The normalized spacial score (nSPS) is 14.7. The van der Waals surface area contributed by atoms with Gasteiger partial charge >= 0.3 is 6.61 Å². The van der Waals surface area contributed by atoms with E-state index in [1.165, 1.54) is 18.7 Å². The Kier molecular flexibility index (Phi) is 8.83. The lowest BCUT2D eigenvalue weighted by atomic mass is 10.1. The first-order valence-corrected chi connectivity index (χ1v) is 9.02. The van der Waals surface area contributed by atoms with Gasteiger partial charge < -0.3 is 24.8 Å². The fraction of sp³-hybridized carbons (Fsp3) is 0.526. The highest BCUT2D eigenvalue weighted by Crippen LogP contribution is 2.26. The van der Waals surface area contributed by atoms with Crippen LogP contribution in [0, 0.1) is 0 Å². The number of halogens is 2. The van der Waals surface area contributed by atoms with E-state index in [2.05, 4.69) is 26.4 Å². The molecule has 6 nitrogen and oxygen atoms in total. The third-order valence-corrected chi connectivity index (χ3v) is 4.03. The van der Waals surface area contributed by atoms with Gasteiger partial charge in [-0.05, 0) is 38.0 Å². The molecule has 0 bridgehead atoms. The van der Waals surface area contributed by atoms with Crippen molar-refractivity contribution in [2.45, 2.75) is 32.9 Å². The fourth-order valence-electron chi connectivity index (χ4n) is 2.66. The maximum atomic E-state index is 12.6. The molecule has 1 aliphatic rings. The number of rotatable bonds is 9. The zero-order valence-corrected chi connectivity index (χ0v) is 15.8. The maximum absolute atomic E-state index is 12.6. The van der Waals surface area contributed by atoms with Gasteiger partial charge in [-0.2, -0.15) is 8.78 Å². The van der Waals surface area contributed by atoms with Crippen LogP contribution in [-0.2, 0) is 11.3 Å². The second-order valence-corrected chi connectivity index (χ2v) is 5.91. The van der Waals surface area contributed by atoms with Crippen molar-refractivity contribution >= 4 is 5.96 Å². The number of benzene rings is 1. The first-order chi connectivity index (χ1) is 13.1. The van der Waals surface area contributed by atoms with Crippen LogP contribution in [0.5, 0.6) is 11.5 Å². The Labute approximate surface area is 158 Å². The standard InChI is InChI=1S/C19H27F2N3O3/c1-3-22-19(23-9-6-14-7-10-26-11-8-14)24-13-15-12-16(25-2)4-5-17(15)27-18(20)21/h4-5,7,12,18H,3,6,8-11,13H2,1-2H3,(H2,22,23,24). The van der Waals surface area contributed by atoms with Crippen molar-refractivity contribution in [2.75, 3.05) is 33.4 Å². The Morgan fingerprint density at radius 2 is 2.19 bits per heavy atom. The van der Waals surface area contributed by atoms with Crippen LogP contribution in [0.25, 0.3) is 0 Å². The van der Waals surface area contributed by atoms with Crippen molar-refractivity contribution in [3.05, 3.63) is 35.4 Å². The number of nitrogens with zero attached hydrogens (tertiary/aromatic N) is 1. The summed E-state index contributed by atoms with van der Waals surface area (Å²) in [5, 5.41) is 6.42. The Morgan fingerprint density at radius 3 is 2.85 bits per heavy atom. The monoisotopic (exact) mass is 383 g/mol.